The molecule has 1 fully saturated rings. The van der Waals surface area contributed by atoms with Gasteiger partial charge in [0.15, 0.2) is 0 Å². The molecule has 0 aromatic carbocycles. The molecule has 1 rings (SSSR count). The van der Waals surface area contributed by atoms with Crippen LogP contribution in [-0.2, 0) is 4.74 Å². The summed E-state index contributed by atoms with van der Waals surface area (Å²) >= 11 is 0. The van der Waals surface area contributed by atoms with Crippen LogP contribution < -0.4 is 0 Å². The highest BCUT2D eigenvalue weighted by Crippen LogP contribution is 2.28. The monoisotopic (exact) mass is 182 g/mol. The molecule has 1 nitrogen and oxygen atoms in total. The van der Waals surface area contributed by atoms with Crippen molar-refractivity contribution >= 4 is 0 Å². The molecule has 0 amide bonds. The Hall–Kier alpha value is -0.720. The van der Waals surface area contributed by atoms with E-state index < -0.39 is 0 Å². The van der Waals surface area contributed by atoms with Crippen LogP contribution in [0.25, 0.3) is 0 Å². The van der Waals surface area contributed by atoms with E-state index in [-0.39, 0.29) is 0 Å². The molecule has 0 atom stereocenters. The van der Waals surface area contributed by atoms with Gasteiger partial charge in [-0.15, -0.1) is 0 Å². The third kappa shape index (κ3) is 3.25. The van der Waals surface area contributed by atoms with E-state index in [0.29, 0.717) is 0 Å². The molecule has 0 aromatic heterocycles. The SMILES string of the molecule is CC.CC(C)=C1CCOC1=C(C)C. The van der Waals surface area contributed by atoms with E-state index in [4.69, 9.17) is 4.74 Å². The van der Waals surface area contributed by atoms with Gasteiger partial charge in [-0.05, 0) is 38.8 Å². The van der Waals surface area contributed by atoms with E-state index in [1.54, 1.807) is 0 Å². The zero-order valence-electron chi connectivity index (χ0n) is 9.82. The zero-order chi connectivity index (χ0) is 10.4. The summed E-state index contributed by atoms with van der Waals surface area (Å²) < 4.78 is 5.51. The van der Waals surface area contributed by atoms with E-state index in [9.17, 15) is 0 Å². The molecule has 0 aromatic rings. The van der Waals surface area contributed by atoms with Crippen molar-refractivity contribution in [3.05, 3.63) is 22.5 Å². The minimum atomic E-state index is 0.862. The van der Waals surface area contributed by atoms with Crippen LogP contribution in [0.2, 0.25) is 0 Å². The fourth-order valence-corrected chi connectivity index (χ4v) is 1.38. The van der Waals surface area contributed by atoms with Crippen molar-refractivity contribution in [3.63, 3.8) is 0 Å². The molecular formula is C12H22O. The van der Waals surface area contributed by atoms with Crippen molar-refractivity contribution in [1.82, 2.24) is 0 Å². The minimum Gasteiger partial charge on any atom is -0.493 e. The Morgan fingerprint density at radius 2 is 1.54 bits per heavy atom. The second-order valence-corrected chi connectivity index (χ2v) is 3.41. The van der Waals surface area contributed by atoms with E-state index in [1.165, 1.54) is 16.7 Å². The molecule has 0 bridgehead atoms. The third-order valence-corrected chi connectivity index (χ3v) is 1.93. The number of allylic oxidation sites excluding steroid dienone is 3. The molecule has 0 N–H and O–H groups in total. The number of hydrogen-bond acceptors (Lipinski definition) is 1. The Balaban J connectivity index is 0.000000671. The first-order valence-electron chi connectivity index (χ1n) is 5.10. The summed E-state index contributed by atoms with van der Waals surface area (Å²) in [7, 11) is 0. The second kappa shape index (κ2) is 5.85. The highest BCUT2D eigenvalue weighted by Gasteiger charge is 2.16. The molecule has 1 aliphatic rings. The van der Waals surface area contributed by atoms with Crippen molar-refractivity contribution < 1.29 is 4.74 Å². The summed E-state index contributed by atoms with van der Waals surface area (Å²) in [6.07, 6.45) is 1.09. The Bertz CT molecular complexity index is 189. The molecule has 1 heteroatoms. The van der Waals surface area contributed by atoms with Crippen LogP contribution >= 0.6 is 0 Å². The summed E-state index contributed by atoms with van der Waals surface area (Å²) in [5, 5.41) is 0. The first-order valence-corrected chi connectivity index (χ1v) is 5.10. The smallest absolute Gasteiger partial charge is 0.121 e. The Labute approximate surface area is 82.5 Å². The lowest BCUT2D eigenvalue weighted by atomic mass is 10.1. The first-order chi connectivity index (χ1) is 6.13. The Kier molecular flexibility index (Phi) is 5.52. The van der Waals surface area contributed by atoms with Gasteiger partial charge in [0.05, 0.1) is 6.61 Å². The van der Waals surface area contributed by atoms with Crippen LogP contribution in [0.15, 0.2) is 22.5 Å². The maximum absolute atomic E-state index is 5.51. The van der Waals surface area contributed by atoms with Gasteiger partial charge in [0.25, 0.3) is 0 Å². The molecule has 1 aliphatic heterocycles. The lowest BCUT2D eigenvalue weighted by Crippen LogP contribution is -1.87. The lowest BCUT2D eigenvalue weighted by Gasteiger charge is -2.04. The summed E-state index contributed by atoms with van der Waals surface area (Å²) in [5.74, 6) is 1.13. The van der Waals surface area contributed by atoms with Crippen LogP contribution in [0.4, 0.5) is 0 Å². The molecule has 0 spiro atoms. The fraction of sp³-hybridized carbons (Fsp3) is 0.667. The first kappa shape index (κ1) is 12.3. The molecule has 0 saturated carbocycles. The molecule has 0 unspecified atom stereocenters. The van der Waals surface area contributed by atoms with Crippen LogP contribution in [-0.4, -0.2) is 6.61 Å². The van der Waals surface area contributed by atoms with E-state index >= 15 is 0 Å². The van der Waals surface area contributed by atoms with Gasteiger partial charge in [0.2, 0.25) is 0 Å². The highest BCUT2D eigenvalue weighted by molar-refractivity contribution is 5.35. The number of ether oxygens (including phenoxy) is 1. The summed E-state index contributed by atoms with van der Waals surface area (Å²) in [6, 6.07) is 0. The number of hydrogen-bond donors (Lipinski definition) is 0. The molecule has 1 heterocycles. The highest BCUT2D eigenvalue weighted by atomic mass is 16.5. The average Bonchev–Trinajstić information content (AvgIpc) is 2.55. The maximum atomic E-state index is 5.51. The van der Waals surface area contributed by atoms with Crippen molar-refractivity contribution in [2.75, 3.05) is 6.61 Å². The van der Waals surface area contributed by atoms with Gasteiger partial charge < -0.3 is 4.74 Å². The quantitative estimate of drug-likeness (QED) is 0.549. The number of rotatable bonds is 0. The molecular weight excluding hydrogens is 160 g/mol. The molecule has 13 heavy (non-hydrogen) atoms. The van der Waals surface area contributed by atoms with Gasteiger partial charge in [-0.1, -0.05) is 19.4 Å². The second-order valence-electron chi connectivity index (χ2n) is 3.41. The van der Waals surface area contributed by atoms with Crippen LogP contribution in [0.5, 0.6) is 0 Å². The average molecular weight is 182 g/mol. The molecule has 76 valence electrons. The third-order valence-electron chi connectivity index (χ3n) is 1.93. The summed E-state index contributed by atoms with van der Waals surface area (Å²) in [5.41, 5.74) is 4.09. The molecule has 0 radical (unpaired) electrons. The van der Waals surface area contributed by atoms with Gasteiger partial charge >= 0.3 is 0 Å². The minimum absolute atomic E-state index is 0.862. The molecule has 1 saturated heterocycles. The Morgan fingerprint density at radius 1 is 1.00 bits per heavy atom. The van der Waals surface area contributed by atoms with E-state index in [1.807, 2.05) is 13.8 Å². The lowest BCUT2D eigenvalue weighted by molar-refractivity contribution is 0.262. The van der Waals surface area contributed by atoms with Crippen molar-refractivity contribution in [3.8, 4) is 0 Å². The topological polar surface area (TPSA) is 9.23 Å². The zero-order valence-corrected chi connectivity index (χ0v) is 9.82. The summed E-state index contributed by atoms with van der Waals surface area (Å²) in [4.78, 5) is 0. The fourth-order valence-electron chi connectivity index (χ4n) is 1.38. The predicted molar refractivity (Wildman–Crippen MR) is 58.7 cm³/mol. The van der Waals surface area contributed by atoms with Gasteiger partial charge in [0, 0.05) is 6.42 Å². The normalized spacial score (nSPS) is 14.6. The van der Waals surface area contributed by atoms with Crippen molar-refractivity contribution in [2.24, 2.45) is 0 Å². The van der Waals surface area contributed by atoms with Crippen molar-refractivity contribution in [1.29, 1.82) is 0 Å². The van der Waals surface area contributed by atoms with Gasteiger partial charge in [-0.3, -0.25) is 0 Å². The van der Waals surface area contributed by atoms with Crippen molar-refractivity contribution in [2.45, 2.75) is 48.0 Å². The van der Waals surface area contributed by atoms with Crippen LogP contribution in [0, 0.1) is 0 Å². The maximum Gasteiger partial charge on any atom is 0.121 e. The molecule has 0 aliphatic carbocycles. The standard InChI is InChI=1S/C10H16O.C2H6/c1-7(2)9-5-6-11-10(9)8(3)4;1-2/h5-6H2,1-4H3;1-2H3. The predicted octanol–water partition coefficient (Wildman–Crippen LogP) is 4.06. The Morgan fingerprint density at radius 3 is 1.85 bits per heavy atom. The van der Waals surface area contributed by atoms with Gasteiger partial charge in [-0.2, -0.15) is 0 Å². The van der Waals surface area contributed by atoms with Gasteiger partial charge in [0.1, 0.15) is 5.76 Å². The van der Waals surface area contributed by atoms with Crippen LogP contribution in [0.3, 0.4) is 0 Å². The van der Waals surface area contributed by atoms with Crippen LogP contribution in [0.1, 0.15) is 48.0 Å². The van der Waals surface area contributed by atoms with E-state index in [2.05, 4.69) is 27.7 Å². The largest absolute Gasteiger partial charge is 0.493 e. The van der Waals surface area contributed by atoms with E-state index in [0.717, 1.165) is 18.8 Å². The van der Waals surface area contributed by atoms with Gasteiger partial charge in [-0.25, -0.2) is 0 Å². The summed E-state index contributed by atoms with van der Waals surface area (Å²) in [6.45, 7) is 13.4.